The van der Waals surface area contributed by atoms with Gasteiger partial charge in [-0.05, 0) is 36.3 Å². The van der Waals surface area contributed by atoms with Gasteiger partial charge in [0.2, 0.25) is 0 Å². The fourth-order valence-electron chi connectivity index (χ4n) is 2.19. The lowest BCUT2D eigenvalue weighted by molar-refractivity contribution is -0.134. The van der Waals surface area contributed by atoms with Crippen LogP contribution in [0.5, 0.6) is 0 Å². The zero-order valence-corrected chi connectivity index (χ0v) is 9.56. The molecule has 0 saturated carbocycles. The van der Waals surface area contributed by atoms with Gasteiger partial charge in [-0.3, -0.25) is 0 Å². The molecule has 84 valence electrons. The van der Waals surface area contributed by atoms with Gasteiger partial charge >= 0.3 is 6.18 Å². The number of fused-ring (bicyclic) bond motifs is 1. The zero-order valence-electron chi connectivity index (χ0n) is 8.74. The Kier molecular flexibility index (Phi) is 2.57. The fraction of sp³-hybridized carbons (Fsp3) is 0.636. The van der Waals surface area contributed by atoms with Gasteiger partial charge in [-0.2, -0.15) is 13.2 Å². The first-order valence-electron chi connectivity index (χ1n) is 5.13. The van der Waals surface area contributed by atoms with E-state index < -0.39 is 6.18 Å². The number of thiophene rings is 1. The molecule has 0 saturated heterocycles. The summed E-state index contributed by atoms with van der Waals surface area (Å²) < 4.78 is 38.2. The van der Waals surface area contributed by atoms with Crippen molar-refractivity contribution >= 4 is 11.3 Å². The average Bonchev–Trinajstić information content (AvgIpc) is 2.57. The number of rotatable bonds is 1. The second kappa shape index (κ2) is 3.51. The minimum atomic E-state index is -4.16. The smallest absolute Gasteiger partial charge is 0.165 e. The molecule has 2 rings (SSSR count). The van der Waals surface area contributed by atoms with Gasteiger partial charge in [0.15, 0.2) is 0 Å². The molecule has 0 radical (unpaired) electrons. The van der Waals surface area contributed by atoms with Crippen LogP contribution in [-0.2, 0) is 19.0 Å². The third-order valence-electron chi connectivity index (χ3n) is 2.78. The number of hydrogen-bond acceptors (Lipinski definition) is 1. The first kappa shape index (κ1) is 11.0. The Labute approximate surface area is 91.1 Å². The molecule has 0 atom stereocenters. The lowest BCUT2D eigenvalue weighted by atomic mass is 10.1. The largest absolute Gasteiger partial charge is 0.425 e. The molecular weight excluding hydrogens is 221 g/mol. The molecule has 1 aliphatic rings. The van der Waals surface area contributed by atoms with Gasteiger partial charge < -0.3 is 0 Å². The Morgan fingerprint density at radius 1 is 1.13 bits per heavy atom. The van der Waals surface area contributed by atoms with Crippen LogP contribution in [0.4, 0.5) is 13.2 Å². The van der Waals surface area contributed by atoms with Crippen molar-refractivity contribution in [3.8, 4) is 0 Å². The maximum Gasteiger partial charge on any atom is 0.425 e. The third-order valence-corrected chi connectivity index (χ3v) is 4.40. The summed E-state index contributed by atoms with van der Waals surface area (Å²) in [6.07, 6.45) is -1.85. The normalized spacial score (nSPS) is 16.1. The number of alkyl halides is 3. The van der Waals surface area contributed by atoms with E-state index in [0.717, 1.165) is 34.6 Å². The topological polar surface area (TPSA) is 0 Å². The quantitative estimate of drug-likeness (QED) is 0.676. The van der Waals surface area contributed by atoms with E-state index in [-0.39, 0.29) is 10.8 Å². The van der Waals surface area contributed by atoms with Crippen LogP contribution in [0.1, 0.15) is 47.1 Å². The SMILES string of the molecule is CC(C)c1sc(C(F)(F)F)c2c1CCC2. The van der Waals surface area contributed by atoms with Crippen molar-refractivity contribution in [2.45, 2.75) is 45.2 Å². The van der Waals surface area contributed by atoms with Gasteiger partial charge in [-0.15, -0.1) is 11.3 Å². The molecule has 4 heteroatoms. The van der Waals surface area contributed by atoms with Crippen LogP contribution in [0.3, 0.4) is 0 Å². The highest BCUT2D eigenvalue weighted by atomic mass is 32.1. The molecule has 0 fully saturated rings. The second-order valence-corrected chi connectivity index (χ2v) is 5.31. The third kappa shape index (κ3) is 1.80. The molecule has 0 unspecified atom stereocenters. The molecule has 1 heterocycles. The van der Waals surface area contributed by atoms with Crippen LogP contribution in [0, 0.1) is 0 Å². The van der Waals surface area contributed by atoms with E-state index in [9.17, 15) is 13.2 Å². The standard InChI is InChI=1S/C11H13F3S/c1-6(2)9-7-4-3-5-8(7)10(15-9)11(12,13)14/h6H,3-5H2,1-2H3. The summed E-state index contributed by atoms with van der Waals surface area (Å²) in [5.74, 6) is 0.206. The summed E-state index contributed by atoms with van der Waals surface area (Å²) in [6.45, 7) is 3.93. The maximum absolute atomic E-state index is 12.7. The molecule has 1 aromatic heterocycles. The van der Waals surface area contributed by atoms with Crippen LogP contribution in [0.15, 0.2) is 0 Å². The molecule has 0 aromatic carbocycles. The van der Waals surface area contributed by atoms with Crippen LogP contribution >= 0.6 is 11.3 Å². The van der Waals surface area contributed by atoms with Crippen LogP contribution in [0.2, 0.25) is 0 Å². The van der Waals surface area contributed by atoms with E-state index in [1.54, 1.807) is 0 Å². The zero-order chi connectivity index (χ0) is 11.2. The Balaban J connectivity index is 2.54. The molecule has 0 amide bonds. The molecule has 0 spiro atoms. The summed E-state index contributed by atoms with van der Waals surface area (Å²) in [7, 11) is 0. The van der Waals surface area contributed by atoms with Crippen molar-refractivity contribution in [3.63, 3.8) is 0 Å². The van der Waals surface area contributed by atoms with Crippen molar-refractivity contribution in [1.82, 2.24) is 0 Å². The van der Waals surface area contributed by atoms with Crippen LogP contribution in [-0.4, -0.2) is 0 Å². The van der Waals surface area contributed by atoms with Gasteiger partial charge in [-0.25, -0.2) is 0 Å². The average molecular weight is 234 g/mol. The Morgan fingerprint density at radius 3 is 2.27 bits per heavy atom. The Morgan fingerprint density at radius 2 is 1.73 bits per heavy atom. The molecule has 0 aliphatic heterocycles. The molecule has 1 aliphatic carbocycles. The minimum Gasteiger partial charge on any atom is -0.165 e. The molecule has 0 bridgehead atoms. The van der Waals surface area contributed by atoms with E-state index in [2.05, 4.69) is 0 Å². The van der Waals surface area contributed by atoms with Crippen LogP contribution in [0.25, 0.3) is 0 Å². The van der Waals surface area contributed by atoms with Gasteiger partial charge in [0, 0.05) is 4.88 Å². The highest BCUT2D eigenvalue weighted by Crippen LogP contribution is 2.46. The fourth-order valence-corrected chi connectivity index (χ4v) is 3.46. The summed E-state index contributed by atoms with van der Waals surface area (Å²) in [4.78, 5) is 0.591. The van der Waals surface area contributed by atoms with E-state index >= 15 is 0 Å². The lowest BCUT2D eigenvalue weighted by Gasteiger charge is -2.05. The monoisotopic (exact) mass is 234 g/mol. The van der Waals surface area contributed by atoms with Crippen molar-refractivity contribution < 1.29 is 13.2 Å². The highest BCUT2D eigenvalue weighted by molar-refractivity contribution is 7.12. The van der Waals surface area contributed by atoms with E-state index in [1.807, 2.05) is 13.8 Å². The van der Waals surface area contributed by atoms with E-state index in [4.69, 9.17) is 0 Å². The summed E-state index contributed by atoms with van der Waals surface area (Å²) >= 11 is 0.952. The van der Waals surface area contributed by atoms with Crippen molar-refractivity contribution in [2.24, 2.45) is 0 Å². The predicted molar refractivity (Wildman–Crippen MR) is 55.4 cm³/mol. The lowest BCUT2D eigenvalue weighted by Crippen LogP contribution is -2.04. The van der Waals surface area contributed by atoms with Gasteiger partial charge in [0.1, 0.15) is 4.88 Å². The molecule has 1 aromatic rings. The maximum atomic E-state index is 12.7. The molecular formula is C11H13F3S. The van der Waals surface area contributed by atoms with Gasteiger partial charge in [-0.1, -0.05) is 13.8 Å². The number of hydrogen-bond donors (Lipinski definition) is 0. The van der Waals surface area contributed by atoms with Gasteiger partial charge in [0.25, 0.3) is 0 Å². The Bertz CT molecular complexity index is 374. The molecule has 0 N–H and O–H groups in total. The molecule has 15 heavy (non-hydrogen) atoms. The van der Waals surface area contributed by atoms with Crippen LogP contribution < -0.4 is 0 Å². The van der Waals surface area contributed by atoms with Crippen molar-refractivity contribution in [1.29, 1.82) is 0 Å². The summed E-state index contributed by atoms with van der Waals surface area (Å²) in [5.41, 5.74) is 1.57. The van der Waals surface area contributed by atoms with E-state index in [1.165, 1.54) is 0 Å². The van der Waals surface area contributed by atoms with Gasteiger partial charge in [0.05, 0.1) is 0 Å². The van der Waals surface area contributed by atoms with Crippen molar-refractivity contribution in [2.75, 3.05) is 0 Å². The number of halogens is 3. The first-order valence-corrected chi connectivity index (χ1v) is 5.94. The second-order valence-electron chi connectivity index (χ2n) is 4.26. The minimum absolute atomic E-state index is 0.206. The van der Waals surface area contributed by atoms with Crippen molar-refractivity contribution in [3.05, 3.63) is 20.9 Å². The Hall–Kier alpha value is -0.510. The predicted octanol–water partition coefficient (Wildman–Crippen LogP) is 4.38. The molecule has 0 nitrogen and oxygen atoms in total. The first-order chi connectivity index (χ1) is 6.91. The highest BCUT2D eigenvalue weighted by Gasteiger charge is 2.39. The summed E-state index contributed by atoms with van der Waals surface area (Å²) in [5, 5.41) is 0. The van der Waals surface area contributed by atoms with E-state index in [0.29, 0.717) is 12.0 Å². The summed E-state index contributed by atoms with van der Waals surface area (Å²) in [6, 6.07) is 0.